The van der Waals surface area contributed by atoms with E-state index in [9.17, 15) is 43.9 Å². The first kappa shape index (κ1) is 26.8. The van der Waals surface area contributed by atoms with Gasteiger partial charge in [0, 0.05) is 12.1 Å². The van der Waals surface area contributed by atoms with Gasteiger partial charge in [-0.05, 0) is 46.5 Å². The first-order chi connectivity index (χ1) is 17.7. The lowest BCUT2D eigenvalue weighted by atomic mass is 9.99. The predicted molar refractivity (Wildman–Crippen MR) is 115 cm³/mol. The zero-order valence-corrected chi connectivity index (χ0v) is 18.5. The molecular formula is C26H12F10O2. The number of ether oxygens (including phenoxy) is 2. The molecule has 0 aliphatic carbocycles. The van der Waals surface area contributed by atoms with Crippen molar-refractivity contribution in [2.75, 3.05) is 0 Å². The average molecular weight is 546 g/mol. The summed E-state index contributed by atoms with van der Waals surface area (Å²) in [6.45, 7) is 0. The minimum absolute atomic E-state index is 0.0671. The molecule has 0 radical (unpaired) electrons. The van der Waals surface area contributed by atoms with Crippen LogP contribution in [0.15, 0.2) is 72.8 Å². The Kier molecular flexibility index (Phi) is 7.00. The van der Waals surface area contributed by atoms with Gasteiger partial charge in [0.15, 0.2) is 11.6 Å². The molecule has 0 fully saturated rings. The maximum absolute atomic E-state index is 14.7. The van der Waals surface area contributed by atoms with Gasteiger partial charge in [0.25, 0.3) is 0 Å². The fourth-order valence-electron chi connectivity index (χ4n) is 3.55. The van der Waals surface area contributed by atoms with Crippen molar-refractivity contribution >= 4 is 0 Å². The summed E-state index contributed by atoms with van der Waals surface area (Å²) in [5.41, 5.74) is -0.767. The van der Waals surface area contributed by atoms with Crippen LogP contribution in [0.2, 0.25) is 0 Å². The van der Waals surface area contributed by atoms with Crippen molar-refractivity contribution in [2.45, 2.75) is 12.5 Å². The molecule has 0 unspecified atom stereocenters. The summed E-state index contributed by atoms with van der Waals surface area (Å²) < 4.78 is 144. The highest BCUT2D eigenvalue weighted by molar-refractivity contribution is 5.70. The molecule has 2 nitrogen and oxygen atoms in total. The molecule has 0 bridgehead atoms. The van der Waals surface area contributed by atoms with Gasteiger partial charge >= 0.3 is 12.5 Å². The summed E-state index contributed by atoms with van der Waals surface area (Å²) in [5, 5.41) is 0. The second-order valence-electron chi connectivity index (χ2n) is 7.79. The second kappa shape index (κ2) is 9.92. The molecule has 0 N–H and O–H groups in total. The van der Waals surface area contributed by atoms with Gasteiger partial charge in [-0.2, -0.15) is 8.78 Å². The minimum Gasteiger partial charge on any atom is -0.429 e. The summed E-state index contributed by atoms with van der Waals surface area (Å²) in [6.07, 6.45) is -10.3. The van der Waals surface area contributed by atoms with Crippen LogP contribution in [0.1, 0.15) is 5.56 Å². The standard InChI is InChI=1S/C26H12F10O2/c27-17-3-1-2-15(8-17)13-4-6-14(7-5-13)16-9-19(28)23(20(29)10-16)25(32,33)37-18-11-21(30)24(22(31)12-18)38-26(34,35)36/h1-12H. The molecule has 12 heteroatoms. The number of rotatable bonds is 6. The van der Waals surface area contributed by atoms with E-state index in [1.165, 1.54) is 42.5 Å². The van der Waals surface area contributed by atoms with E-state index in [0.717, 1.165) is 0 Å². The highest BCUT2D eigenvalue weighted by Gasteiger charge is 2.42. The smallest absolute Gasteiger partial charge is 0.429 e. The molecule has 0 aliphatic rings. The van der Waals surface area contributed by atoms with Crippen LogP contribution < -0.4 is 9.47 Å². The number of benzene rings is 4. The second-order valence-corrected chi connectivity index (χ2v) is 7.79. The SMILES string of the molecule is Fc1cccc(-c2ccc(-c3cc(F)c(C(F)(F)Oc4cc(F)c(OC(F)(F)F)c(F)c4)c(F)c3)cc2)c1. The van der Waals surface area contributed by atoms with Gasteiger partial charge in [0.1, 0.15) is 28.8 Å². The Bertz CT molecular complexity index is 1430. The maximum Gasteiger partial charge on any atom is 0.573 e. The lowest BCUT2D eigenvalue weighted by molar-refractivity contribution is -0.276. The molecule has 4 rings (SSSR count). The molecule has 198 valence electrons. The number of halogens is 10. The van der Waals surface area contributed by atoms with Crippen molar-refractivity contribution in [2.24, 2.45) is 0 Å². The largest absolute Gasteiger partial charge is 0.573 e. The molecule has 0 atom stereocenters. The molecule has 0 saturated heterocycles. The summed E-state index contributed by atoms with van der Waals surface area (Å²) in [5.74, 6) is -11.4. The van der Waals surface area contributed by atoms with Crippen LogP contribution >= 0.6 is 0 Å². The third-order valence-electron chi connectivity index (χ3n) is 5.14. The first-order valence-electron chi connectivity index (χ1n) is 10.4. The van der Waals surface area contributed by atoms with E-state index >= 15 is 0 Å². The van der Waals surface area contributed by atoms with Gasteiger partial charge in [-0.25, -0.2) is 22.0 Å². The quantitative estimate of drug-likeness (QED) is 0.225. The van der Waals surface area contributed by atoms with E-state index in [4.69, 9.17) is 0 Å². The molecule has 0 spiro atoms. The van der Waals surface area contributed by atoms with E-state index in [-0.39, 0.29) is 23.3 Å². The lowest BCUT2D eigenvalue weighted by Crippen LogP contribution is -2.25. The highest BCUT2D eigenvalue weighted by Crippen LogP contribution is 2.39. The average Bonchev–Trinajstić information content (AvgIpc) is 2.80. The van der Waals surface area contributed by atoms with E-state index < -0.39 is 58.6 Å². The van der Waals surface area contributed by atoms with Gasteiger partial charge in [-0.3, -0.25) is 0 Å². The van der Waals surface area contributed by atoms with Crippen LogP contribution in [0.25, 0.3) is 22.3 Å². The molecule has 0 aromatic heterocycles. The molecule has 4 aromatic rings. The van der Waals surface area contributed by atoms with Crippen molar-refractivity contribution in [3.8, 4) is 33.8 Å². The fourth-order valence-corrected chi connectivity index (χ4v) is 3.55. The molecule has 4 aromatic carbocycles. The molecule has 0 amide bonds. The van der Waals surface area contributed by atoms with Gasteiger partial charge < -0.3 is 9.47 Å². The van der Waals surface area contributed by atoms with Crippen molar-refractivity contribution < 1.29 is 53.4 Å². The molecule has 0 saturated carbocycles. The van der Waals surface area contributed by atoms with Crippen LogP contribution in [0.3, 0.4) is 0 Å². The normalized spacial score (nSPS) is 11.9. The Labute approximate surface area is 207 Å². The predicted octanol–water partition coefficient (Wildman–Crippen LogP) is 8.74. The van der Waals surface area contributed by atoms with Crippen LogP contribution in [-0.2, 0) is 6.11 Å². The highest BCUT2D eigenvalue weighted by atomic mass is 19.4. The fraction of sp³-hybridized carbons (Fsp3) is 0.0769. The van der Waals surface area contributed by atoms with Crippen LogP contribution in [0, 0.1) is 29.1 Å². The van der Waals surface area contributed by atoms with Crippen LogP contribution in [0.4, 0.5) is 43.9 Å². The summed E-state index contributed by atoms with van der Waals surface area (Å²) in [7, 11) is 0. The summed E-state index contributed by atoms with van der Waals surface area (Å²) >= 11 is 0. The van der Waals surface area contributed by atoms with Gasteiger partial charge in [0.2, 0.25) is 5.75 Å². The molecule has 0 aliphatic heterocycles. The molecular weight excluding hydrogens is 534 g/mol. The Morgan fingerprint density at radius 3 is 1.53 bits per heavy atom. The van der Waals surface area contributed by atoms with Gasteiger partial charge in [-0.1, -0.05) is 36.4 Å². The van der Waals surface area contributed by atoms with Gasteiger partial charge in [0.05, 0.1) is 0 Å². The van der Waals surface area contributed by atoms with Crippen molar-refractivity contribution in [1.82, 2.24) is 0 Å². The zero-order chi connectivity index (χ0) is 27.8. The van der Waals surface area contributed by atoms with E-state index in [0.29, 0.717) is 23.3 Å². The monoisotopic (exact) mass is 546 g/mol. The maximum atomic E-state index is 14.7. The zero-order valence-electron chi connectivity index (χ0n) is 18.5. The number of hydrogen-bond acceptors (Lipinski definition) is 2. The number of alkyl halides is 5. The minimum atomic E-state index is -5.48. The summed E-state index contributed by atoms with van der Waals surface area (Å²) in [6, 6.07) is 12.5. The van der Waals surface area contributed by atoms with Crippen molar-refractivity contribution in [3.05, 3.63) is 107 Å². The Morgan fingerprint density at radius 1 is 0.500 bits per heavy atom. The Hall–Kier alpha value is -4.22. The van der Waals surface area contributed by atoms with Crippen LogP contribution in [0.5, 0.6) is 11.5 Å². The van der Waals surface area contributed by atoms with E-state index in [1.807, 2.05) is 0 Å². The first-order valence-corrected chi connectivity index (χ1v) is 10.4. The van der Waals surface area contributed by atoms with Crippen molar-refractivity contribution in [3.63, 3.8) is 0 Å². The number of hydrogen-bond donors (Lipinski definition) is 0. The van der Waals surface area contributed by atoms with Crippen molar-refractivity contribution in [1.29, 1.82) is 0 Å². The topological polar surface area (TPSA) is 18.5 Å². The van der Waals surface area contributed by atoms with E-state index in [1.54, 1.807) is 6.07 Å². The van der Waals surface area contributed by atoms with Gasteiger partial charge in [-0.15, -0.1) is 13.2 Å². The summed E-state index contributed by atoms with van der Waals surface area (Å²) in [4.78, 5) is 0. The molecule has 0 heterocycles. The van der Waals surface area contributed by atoms with Crippen LogP contribution in [-0.4, -0.2) is 6.36 Å². The molecule has 38 heavy (non-hydrogen) atoms. The lowest BCUT2D eigenvalue weighted by Gasteiger charge is -2.20. The third kappa shape index (κ3) is 5.84. The van der Waals surface area contributed by atoms with E-state index in [2.05, 4.69) is 9.47 Å². The Morgan fingerprint density at radius 2 is 1.03 bits per heavy atom. The Balaban J connectivity index is 1.61. The third-order valence-corrected chi connectivity index (χ3v) is 5.14.